The minimum atomic E-state index is -0.0505. The molecular weight excluding hydrogens is 292 g/mol. The molecule has 18 heavy (non-hydrogen) atoms. The van der Waals surface area contributed by atoms with E-state index < -0.39 is 0 Å². The van der Waals surface area contributed by atoms with Gasteiger partial charge in [0, 0.05) is 29.2 Å². The van der Waals surface area contributed by atoms with E-state index in [-0.39, 0.29) is 6.10 Å². The molecule has 0 bridgehead atoms. The van der Waals surface area contributed by atoms with Gasteiger partial charge in [0.05, 0.1) is 0 Å². The summed E-state index contributed by atoms with van der Waals surface area (Å²) < 4.78 is 5.88. The van der Waals surface area contributed by atoms with Crippen molar-refractivity contribution in [1.82, 2.24) is 9.97 Å². The van der Waals surface area contributed by atoms with Crippen LogP contribution in [0.5, 0.6) is 5.75 Å². The average molecular weight is 305 g/mol. The lowest BCUT2D eigenvalue weighted by atomic mass is 10.1. The molecule has 0 saturated heterocycles. The Hall–Kier alpha value is -1.42. The Labute approximate surface area is 114 Å². The summed E-state index contributed by atoms with van der Waals surface area (Å²) in [6, 6.07) is 8.11. The molecule has 1 aliphatic rings. The molecule has 0 aliphatic carbocycles. The predicted molar refractivity (Wildman–Crippen MR) is 72.9 cm³/mol. The molecule has 0 spiro atoms. The van der Waals surface area contributed by atoms with Crippen LogP contribution < -0.4 is 4.74 Å². The third-order valence-electron chi connectivity index (χ3n) is 3.18. The van der Waals surface area contributed by atoms with Gasteiger partial charge in [-0.15, -0.1) is 0 Å². The Morgan fingerprint density at radius 1 is 1.39 bits per heavy atom. The third-order valence-corrected chi connectivity index (χ3v) is 3.78. The normalized spacial score (nSPS) is 17.3. The maximum atomic E-state index is 5.88. The van der Waals surface area contributed by atoms with Gasteiger partial charge in [0.15, 0.2) is 11.9 Å². The average Bonchev–Trinajstić information content (AvgIpc) is 2.82. The number of benzene rings is 1. The van der Waals surface area contributed by atoms with E-state index in [1.807, 2.05) is 31.3 Å². The van der Waals surface area contributed by atoms with Gasteiger partial charge >= 0.3 is 0 Å². The zero-order chi connectivity index (χ0) is 12.5. The first-order chi connectivity index (χ1) is 8.78. The third kappa shape index (κ3) is 2.01. The maximum Gasteiger partial charge on any atom is 0.169 e. The second-order valence-electron chi connectivity index (χ2n) is 4.39. The van der Waals surface area contributed by atoms with Crippen molar-refractivity contribution in [3.63, 3.8) is 0 Å². The molecule has 0 N–H and O–H groups in total. The number of ether oxygens (including phenoxy) is 1. The summed E-state index contributed by atoms with van der Waals surface area (Å²) in [5.74, 6) is 1.72. The van der Waals surface area contributed by atoms with Crippen LogP contribution in [0.2, 0.25) is 0 Å². The van der Waals surface area contributed by atoms with Crippen molar-refractivity contribution in [2.45, 2.75) is 24.8 Å². The van der Waals surface area contributed by atoms with Gasteiger partial charge in [-0.05, 0) is 18.6 Å². The molecule has 3 nitrogen and oxygen atoms in total. The van der Waals surface area contributed by atoms with Gasteiger partial charge in [-0.1, -0.05) is 34.1 Å². The maximum absolute atomic E-state index is 5.88. The minimum Gasteiger partial charge on any atom is -0.482 e. The number of alkyl halides is 1. The molecule has 92 valence electrons. The fourth-order valence-electron chi connectivity index (χ4n) is 2.12. The van der Waals surface area contributed by atoms with E-state index in [4.69, 9.17) is 4.74 Å². The van der Waals surface area contributed by atoms with Gasteiger partial charge < -0.3 is 4.74 Å². The second kappa shape index (κ2) is 4.69. The van der Waals surface area contributed by atoms with Crippen LogP contribution in [0.25, 0.3) is 0 Å². The van der Waals surface area contributed by atoms with E-state index >= 15 is 0 Å². The van der Waals surface area contributed by atoms with E-state index in [0.717, 1.165) is 34.6 Å². The highest BCUT2D eigenvalue weighted by molar-refractivity contribution is 9.08. The first kappa shape index (κ1) is 11.7. The van der Waals surface area contributed by atoms with Gasteiger partial charge in [-0.2, -0.15) is 0 Å². The van der Waals surface area contributed by atoms with E-state index in [2.05, 4.69) is 32.0 Å². The molecular formula is C14H13BrN2O. The summed E-state index contributed by atoms with van der Waals surface area (Å²) in [6.07, 6.45) is 2.67. The fourth-order valence-corrected chi connectivity index (χ4v) is 2.67. The Balaban J connectivity index is 1.88. The van der Waals surface area contributed by atoms with Gasteiger partial charge in [-0.25, -0.2) is 9.97 Å². The monoisotopic (exact) mass is 304 g/mol. The van der Waals surface area contributed by atoms with Crippen LogP contribution in [0.1, 0.15) is 28.7 Å². The first-order valence-electron chi connectivity index (χ1n) is 5.91. The number of fused-ring (bicyclic) bond motifs is 1. The van der Waals surface area contributed by atoms with Gasteiger partial charge in [0.2, 0.25) is 0 Å². The molecule has 0 fully saturated rings. The molecule has 2 aromatic rings. The van der Waals surface area contributed by atoms with Gasteiger partial charge in [-0.3, -0.25) is 0 Å². The number of hydrogen-bond donors (Lipinski definition) is 0. The Morgan fingerprint density at radius 3 is 2.94 bits per heavy atom. The molecule has 0 amide bonds. The van der Waals surface area contributed by atoms with Crippen molar-refractivity contribution in [3.05, 3.63) is 53.1 Å². The molecule has 1 aliphatic heterocycles. The Kier molecular flexibility index (Phi) is 3.04. The lowest BCUT2D eigenvalue weighted by molar-refractivity contribution is 0.227. The summed E-state index contributed by atoms with van der Waals surface area (Å²) in [5, 5.41) is 0.783. The van der Waals surface area contributed by atoms with Gasteiger partial charge in [0.1, 0.15) is 5.75 Å². The van der Waals surface area contributed by atoms with E-state index in [0.29, 0.717) is 0 Å². The Morgan fingerprint density at radius 2 is 2.22 bits per heavy atom. The lowest BCUT2D eigenvalue weighted by Crippen LogP contribution is -2.10. The first-order valence-corrected chi connectivity index (χ1v) is 7.03. The molecule has 2 heterocycles. The SMILES string of the molecule is Cc1nc(C2Cc3ccccc3O2)ncc1CBr. The van der Waals surface area contributed by atoms with Crippen molar-refractivity contribution in [1.29, 1.82) is 0 Å². The van der Waals surface area contributed by atoms with Crippen LogP contribution >= 0.6 is 15.9 Å². The quantitative estimate of drug-likeness (QED) is 0.798. The molecule has 0 saturated carbocycles. The highest BCUT2D eigenvalue weighted by Gasteiger charge is 2.26. The predicted octanol–water partition coefficient (Wildman–Crippen LogP) is 3.36. The standard InChI is InChI=1S/C14H13BrN2O/c1-9-11(7-15)8-16-14(17-9)13-6-10-4-2-3-5-12(10)18-13/h2-5,8,13H,6-7H2,1H3. The van der Waals surface area contributed by atoms with Crippen molar-refractivity contribution < 1.29 is 4.74 Å². The Bertz CT molecular complexity index is 561. The number of nitrogens with zero attached hydrogens (tertiary/aromatic N) is 2. The van der Waals surface area contributed by atoms with Crippen LogP contribution in [0, 0.1) is 6.92 Å². The highest BCUT2D eigenvalue weighted by atomic mass is 79.9. The number of rotatable bonds is 2. The zero-order valence-electron chi connectivity index (χ0n) is 10.1. The number of hydrogen-bond acceptors (Lipinski definition) is 3. The van der Waals surface area contributed by atoms with Crippen LogP contribution in [0.4, 0.5) is 0 Å². The van der Waals surface area contributed by atoms with Crippen molar-refractivity contribution in [3.8, 4) is 5.75 Å². The molecule has 1 aromatic heterocycles. The van der Waals surface area contributed by atoms with E-state index in [9.17, 15) is 0 Å². The summed E-state index contributed by atoms with van der Waals surface area (Å²) in [4.78, 5) is 8.95. The smallest absolute Gasteiger partial charge is 0.169 e. The van der Waals surface area contributed by atoms with Crippen molar-refractivity contribution in [2.24, 2.45) is 0 Å². The topological polar surface area (TPSA) is 35.0 Å². The minimum absolute atomic E-state index is 0.0505. The summed E-state index contributed by atoms with van der Waals surface area (Å²) in [7, 11) is 0. The second-order valence-corrected chi connectivity index (χ2v) is 4.95. The van der Waals surface area contributed by atoms with Crippen LogP contribution in [-0.2, 0) is 11.8 Å². The summed E-state index contributed by atoms with van der Waals surface area (Å²) in [6.45, 7) is 2.00. The fraction of sp³-hybridized carbons (Fsp3) is 0.286. The van der Waals surface area contributed by atoms with Crippen molar-refractivity contribution >= 4 is 15.9 Å². The van der Waals surface area contributed by atoms with Crippen LogP contribution in [-0.4, -0.2) is 9.97 Å². The lowest BCUT2D eigenvalue weighted by Gasteiger charge is -2.10. The summed E-state index contributed by atoms with van der Waals surface area (Å²) in [5.41, 5.74) is 3.36. The molecule has 1 atom stereocenters. The van der Waals surface area contributed by atoms with Crippen molar-refractivity contribution in [2.75, 3.05) is 0 Å². The largest absolute Gasteiger partial charge is 0.482 e. The molecule has 4 heteroatoms. The summed E-state index contributed by atoms with van der Waals surface area (Å²) >= 11 is 3.43. The highest BCUT2D eigenvalue weighted by Crippen LogP contribution is 2.35. The number of aryl methyl sites for hydroxylation is 1. The molecule has 3 rings (SSSR count). The van der Waals surface area contributed by atoms with E-state index in [1.54, 1.807) is 0 Å². The van der Waals surface area contributed by atoms with Crippen LogP contribution in [0.3, 0.4) is 0 Å². The molecule has 1 unspecified atom stereocenters. The van der Waals surface area contributed by atoms with Crippen LogP contribution in [0.15, 0.2) is 30.5 Å². The zero-order valence-corrected chi connectivity index (χ0v) is 11.6. The van der Waals surface area contributed by atoms with E-state index in [1.165, 1.54) is 5.56 Å². The number of para-hydroxylation sites is 1. The number of halogens is 1. The number of aromatic nitrogens is 2. The molecule has 1 aromatic carbocycles. The molecule has 0 radical (unpaired) electrons. The van der Waals surface area contributed by atoms with Gasteiger partial charge in [0.25, 0.3) is 0 Å².